The molecule has 1 saturated heterocycles. The van der Waals surface area contributed by atoms with Crippen LogP contribution in [0.3, 0.4) is 0 Å². The van der Waals surface area contributed by atoms with E-state index < -0.39 is 5.60 Å². The molecule has 0 radical (unpaired) electrons. The van der Waals surface area contributed by atoms with Gasteiger partial charge in [0.15, 0.2) is 5.60 Å². The van der Waals surface area contributed by atoms with Crippen molar-refractivity contribution in [3.05, 3.63) is 107 Å². The van der Waals surface area contributed by atoms with Crippen molar-refractivity contribution in [1.29, 1.82) is 0 Å². The molecule has 3 aromatic carbocycles. The zero-order valence-corrected chi connectivity index (χ0v) is 18.4. The monoisotopic (exact) mass is 426 g/mol. The molecule has 1 saturated carbocycles. The summed E-state index contributed by atoms with van der Waals surface area (Å²) in [6.07, 6.45) is 0. The lowest BCUT2D eigenvalue weighted by molar-refractivity contribution is -0.136. The fourth-order valence-electron chi connectivity index (χ4n) is 5.25. The predicted molar refractivity (Wildman–Crippen MR) is 126 cm³/mol. The number of nitrogens with one attached hydrogen (secondary N) is 1. The Morgan fingerprint density at radius 3 is 1.97 bits per heavy atom. The number of aliphatic hydroxyl groups is 1. The second kappa shape index (κ2) is 8.53. The molecule has 0 bridgehead atoms. The number of nitrogens with zero attached hydrogens (tertiary/aromatic N) is 1. The van der Waals surface area contributed by atoms with Crippen LogP contribution in [0.25, 0.3) is 0 Å². The number of piperidine rings is 1. The Morgan fingerprint density at radius 2 is 1.44 bits per heavy atom. The molecule has 1 aliphatic carbocycles. The van der Waals surface area contributed by atoms with E-state index >= 15 is 0 Å². The van der Waals surface area contributed by atoms with Gasteiger partial charge < -0.3 is 10.4 Å². The highest BCUT2D eigenvalue weighted by Crippen LogP contribution is 2.51. The molecule has 1 heterocycles. The van der Waals surface area contributed by atoms with Gasteiger partial charge in [0.2, 0.25) is 0 Å². The van der Waals surface area contributed by atoms with Crippen LogP contribution in [-0.2, 0) is 16.9 Å². The molecule has 32 heavy (non-hydrogen) atoms. The summed E-state index contributed by atoms with van der Waals surface area (Å²) in [5.41, 5.74) is 2.13. The van der Waals surface area contributed by atoms with E-state index in [0.717, 1.165) is 19.6 Å². The van der Waals surface area contributed by atoms with E-state index in [9.17, 15) is 9.90 Å². The summed E-state index contributed by atoms with van der Waals surface area (Å²) >= 11 is 0. The Labute approximate surface area is 189 Å². The fraction of sp³-hybridized carbons (Fsp3) is 0.321. The van der Waals surface area contributed by atoms with Gasteiger partial charge in [0, 0.05) is 26.2 Å². The molecule has 2 aliphatic rings. The standard InChI is InChI=1S/C28H30N2O2/c1-20-12-14-21(15-13-20)17-30-18-25-24(26(25)19-30)16-29-27(31)28(32,22-8-4-2-5-9-22)23-10-6-3-7-11-23/h2-15,24-26,32H,16-19H2,1H3,(H,29,31)/t24-,25-,26+. The summed E-state index contributed by atoms with van der Waals surface area (Å²) in [7, 11) is 0. The summed E-state index contributed by atoms with van der Waals surface area (Å²) in [6, 6.07) is 27.2. The van der Waals surface area contributed by atoms with Crippen molar-refractivity contribution in [2.24, 2.45) is 17.8 Å². The average molecular weight is 427 g/mol. The Kier molecular flexibility index (Phi) is 5.58. The Bertz CT molecular complexity index is 1010. The Balaban J connectivity index is 1.20. The van der Waals surface area contributed by atoms with Crippen LogP contribution in [-0.4, -0.2) is 35.5 Å². The number of carbonyl (C=O) groups is 1. The number of hydrogen-bond acceptors (Lipinski definition) is 3. The van der Waals surface area contributed by atoms with Gasteiger partial charge in [0.1, 0.15) is 0 Å². The van der Waals surface area contributed by atoms with Gasteiger partial charge in [-0.25, -0.2) is 0 Å². The van der Waals surface area contributed by atoms with E-state index in [0.29, 0.717) is 35.4 Å². The molecule has 4 nitrogen and oxygen atoms in total. The van der Waals surface area contributed by atoms with Gasteiger partial charge in [-0.05, 0) is 41.4 Å². The van der Waals surface area contributed by atoms with E-state index in [2.05, 4.69) is 41.4 Å². The zero-order valence-electron chi connectivity index (χ0n) is 18.4. The number of amides is 1. The molecule has 2 fully saturated rings. The molecule has 1 amide bonds. The highest BCUT2D eigenvalue weighted by Gasteiger charge is 2.55. The number of likely N-dealkylation sites (tertiary alicyclic amines) is 1. The summed E-state index contributed by atoms with van der Waals surface area (Å²) in [5.74, 6) is 1.44. The van der Waals surface area contributed by atoms with Gasteiger partial charge >= 0.3 is 0 Å². The lowest BCUT2D eigenvalue weighted by atomic mass is 9.85. The van der Waals surface area contributed by atoms with Crippen LogP contribution in [0.2, 0.25) is 0 Å². The molecule has 164 valence electrons. The van der Waals surface area contributed by atoms with E-state index in [-0.39, 0.29) is 5.91 Å². The van der Waals surface area contributed by atoms with Crippen LogP contribution < -0.4 is 5.32 Å². The molecular formula is C28H30N2O2. The fourth-order valence-corrected chi connectivity index (χ4v) is 5.25. The number of fused-ring (bicyclic) bond motifs is 1. The average Bonchev–Trinajstić information content (AvgIpc) is 3.29. The summed E-state index contributed by atoms with van der Waals surface area (Å²) in [6.45, 7) is 5.90. The zero-order chi connectivity index (χ0) is 22.1. The first-order chi connectivity index (χ1) is 15.6. The van der Waals surface area contributed by atoms with Crippen molar-refractivity contribution in [2.45, 2.75) is 19.1 Å². The minimum atomic E-state index is -1.69. The van der Waals surface area contributed by atoms with Gasteiger partial charge in [0.05, 0.1) is 0 Å². The number of aryl methyl sites for hydroxylation is 1. The van der Waals surface area contributed by atoms with Crippen molar-refractivity contribution in [2.75, 3.05) is 19.6 Å². The molecule has 3 atom stereocenters. The molecule has 1 aliphatic heterocycles. The number of hydrogen-bond donors (Lipinski definition) is 2. The van der Waals surface area contributed by atoms with Crippen molar-refractivity contribution in [3.8, 4) is 0 Å². The predicted octanol–water partition coefficient (Wildman–Crippen LogP) is 3.73. The van der Waals surface area contributed by atoms with Crippen LogP contribution in [0.4, 0.5) is 0 Å². The summed E-state index contributed by atoms with van der Waals surface area (Å²) < 4.78 is 0. The number of benzene rings is 3. The van der Waals surface area contributed by atoms with E-state index in [4.69, 9.17) is 0 Å². The second-order valence-corrected chi connectivity index (χ2v) is 9.32. The number of carbonyl (C=O) groups excluding carboxylic acids is 1. The third-order valence-electron chi connectivity index (χ3n) is 7.18. The molecule has 0 aromatic heterocycles. The lowest BCUT2D eigenvalue weighted by Gasteiger charge is -2.28. The van der Waals surface area contributed by atoms with E-state index in [1.165, 1.54) is 11.1 Å². The molecule has 0 spiro atoms. The maximum absolute atomic E-state index is 13.3. The van der Waals surface area contributed by atoms with Crippen LogP contribution in [0.15, 0.2) is 84.9 Å². The highest BCUT2D eigenvalue weighted by molar-refractivity contribution is 5.90. The topological polar surface area (TPSA) is 52.6 Å². The van der Waals surface area contributed by atoms with Crippen LogP contribution >= 0.6 is 0 Å². The molecule has 2 N–H and O–H groups in total. The van der Waals surface area contributed by atoms with Crippen molar-refractivity contribution in [1.82, 2.24) is 10.2 Å². The van der Waals surface area contributed by atoms with Crippen molar-refractivity contribution >= 4 is 5.91 Å². The minimum absolute atomic E-state index is 0.351. The molecule has 4 heteroatoms. The summed E-state index contributed by atoms with van der Waals surface area (Å²) in [4.78, 5) is 15.8. The first-order valence-electron chi connectivity index (χ1n) is 11.5. The second-order valence-electron chi connectivity index (χ2n) is 9.32. The van der Waals surface area contributed by atoms with Crippen LogP contribution in [0.5, 0.6) is 0 Å². The maximum atomic E-state index is 13.3. The highest BCUT2D eigenvalue weighted by atomic mass is 16.3. The van der Waals surface area contributed by atoms with Gasteiger partial charge in [-0.1, -0.05) is 90.5 Å². The van der Waals surface area contributed by atoms with E-state index in [1.54, 1.807) is 24.3 Å². The number of rotatable bonds is 7. The molecule has 5 rings (SSSR count). The normalized spacial score (nSPS) is 22.4. The first-order valence-corrected chi connectivity index (χ1v) is 11.5. The Morgan fingerprint density at radius 1 is 0.906 bits per heavy atom. The third kappa shape index (κ3) is 3.96. The minimum Gasteiger partial charge on any atom is -0.372 e. The van der Waals surface area contributed by atoms with Gasteiger partial charge in [-0.15, -0.1) is 0 Å². The molecular weight excluding hydrogens is 396 g/mol. The molecule has 3 aromatic rings. The van der Waals surface area contributed by atoms with Crippen molar-refractivity contribution < 1.29 is 9.90 Å². The smallest absolute Gasteiger partial charge is 0.261 e. The summed E-state index contributed by atoms with van der Waals surface area (Å²) in [5, 5.41) is 14.6. The lowest BCUT2D eigenvalue weighted by Crippen LogP contribution is -2.46. The first kappa shape index (κ1) is 20.9. The Hall–Kier alpha value is -2.95. The third-order valence-corrected chi connectivity index (χ3v) is 7.18. The van der Waals surface area contributed by atoms with Crippen LogP contribution in [0, 0.1) is 24.7 Å². The van der Waals surface area contributed by atoms with E-state index in [1.807, 2.05) is 36.4 Å². The van der Waals surface area contributed by atoms with Gasteiger partial charge in [-0.3, -0.25) is 9.69 Å². The van der Waals surface area contributed by atoms with Crippen molar-refractivity contribution in [3.63, 3.8) is 0 Å². The maximum Gasteiger partial charge on any atom is 0.261 e. The van der Waals surface area contributed by atoms with Crippen LogP contribution in [0.1, 0.15) is 22.3 Å². The largest absolute Gasteiger partial charge is 0.372 e. The quantitative estimate of drug-likeness (QED) is 0.605. The molecule has 0 unspecified atom stereocenters. The van der Waals surface area contributed by atoms with Gasteiger partial charge in [0.25, 0.3) is 5.91 Å². The van der Waals surface area contributed by atoms with Gasteiger partial charge in [-0.2, -0.15) is 0 Å². The SMILES string of the molecule is Cc1ccc(CN2C[C@@H]3[C@@H](CNC(=O)C(O)(c4ccccc4)c4ccccc4)[C@@H]3C2)cc1.